The lowest BCUT2D eigenvalue weighted by Gasteiger charge is -2.19. The molecule has 1 saturated heterocycles. The molecule has 0 bridgehead atoms. The third-order valence-corrected chi connectivity index (χ3v) is 2.71. The first-order chi connectivity index (χ1) is 5.66. The van der Waals surface area contributed by atoms with Crippen LogP contribution in [0.5, 0.6) is 0 Å². The summed E-state index contributed by atoms with van der Waals surface area (Å²) in [5.41, 5.74) is 0. The van der Waals surface area contributed by atoms with Crippen LogP contribution in [0.25, 0.3) is 0 Å². The van der Waals surface area contributed by atoms with E-state index in [1.807, 2.05) is 0 Å². The number of aliphatic carboxylic acids is 1. The second-order valence-electron chi connectivity index (χ2n) is 2.55. The summed E-state index contributed by atoms with van der Waals surface area (Å²) in [4.78, 5) is 23.0. The summed E-state index contributed by atoms with van der Waals surface area (Å²) in [6.45, 7) is 0.531. The Kier molecular flexibility index (Phi) is 3.28. The molecule has 1 aliphatic rings. The molecule has 68 valence electrons. The van der Waals surface area contributed by atoms with Crippen LogP contribution in [0.15, 0.2) is 0 Å². The minimum Gasteiger partial charge on any atom is -0.480 e. The zero-order valence-electron chi connectivity index (χ0n) is 6.27. The number of amides is 1. The van der Waals surface area contributed by atoms with Gasteiger partial charge < -0.3 is 10.0 Å². The Bertz CT molecular complexity index is 209. The molecule has 1 rings (SSSR count). The van der Waals surface area contributed by atoms with Crippen molar-refractivity contribution in [2.45, 2.75) is 18.9 Å². The average Bonchev–Trinajstić information content (AvgIpc) is 2.50. The average molecular weight is 207 g/mol. The lowest BCUT2D eigenvalue weighted by atomic mass is 10.2. The van der Waals surface area contributed by atoms with Gasteiger partial charge in [-0.25, -0.2) is 4.79 Å². The van der Waals surface area contributed by atoms with Gasteiger partial charge in [-0.1, -0.05) is 0 Å². The van der Waals surface area contributed by atoms with E-state index in [2.05, 4.69) is 11.7 Å². The quantitative estimate of drug-likeness (QED) is 0.501. The summed E-state index contributed by atoms with van der Waals surface area (Å²) in [6.07, 6.45) is 1.31. The highest BCUT2D eigenvalue weighted by molar-refractivity contribution is 8.74. The van der Waals surface area contributed by atoms with Crippen LogP contribution < -0.4 is 0 Å². The van der Waals surface area contributed by atoms with Crippen molar-refractivity contribution in [1.29, 1.82) is 0 Å². The number of likely N-dealkylation sites (tertiary alicyclic amines) is 1. The molecular formula is C6H9NO3S2. The number of carboxylic acids is 1. The highest BCUT2D eigenvalue weighted by Crippen LogP contribution is 2.23. The zero-order valence-corrected chi connectivity index (χ0v) is 7.98. The van der Waals surface area contributed by atoms with E-state index in [4.69, 9.17) is 5.11 Å². The van der Waals surface area contributed by atoms with Crippen LogP contribution in [-0.2, 0) is 4.79 Å². The van der Waals surface area contributed by atoms with Gasteiger partial charge in [0.25, 0.3) is 5.24 Å². The van der Waals surface area contributed by atoms with Crippen LogP contribution in [0.2, 0.25) is 0 Å². The van der Waals surface area contributed by atoms with Crippen LogP contribution in [0.3, 0.4) is 0 Å². The maximum Gasteiger partial charge on any atom is 0.326 e. The summed E-state index contributed by atoms with van der Waals surface area (Å²) in [6, 6.07) is -0.642. The predicted molar refractivity (Wildman–Crippen MR) is 49.3 cm³/mol. The number of carbonyl (C=O) groups is 2. The minimum absolute atomic E-state index is 0.275. The van der Waals surface area contributed by atoms with E-state index in [9.17, 15) is 9.59 Å². The lowest BCUT2D eigenvalue weighted by Crippen LogP contribution is -2.37. The fourth-order valence-corrected chi connectivity index (χ4v) is 1.93. The Hall–Kier alpha value is -0.360. The molecule has 0 aliphatic carbocycles. The second-order valence-corrected chi connectivity index (χ2v) is 3.63. The highest BCUT2D eigenvalue weighted by Gasteiger charge is 2.33. The minimum atomic E-state index is -0.928. The molecule has 1 atom stereocenters. The van der Waals surface area contributed by atoms with E-state index in [-0.39, 0.29) is 5.24 Å². The van der Waals surface area contributed by atoms with E-state index in [0.717, 1.165) is 17.2 Å². The molecule has 0 saturated carbocycles. The molecule has 4 nitrogen and oxygen atoms in total. The number of rotatable bonds is 1. The molecule has 1 fully saturated rings. The first kappa shape index (κ1) is 9.73. The van der Waals surface area contributed by atoms with Gasteiger partial charge >= 0.3 is 5.97 Å². The molecular weight excluding hydrogens is 198 g/mol. The van der Waals surface area contributed by atoms with Gasteiger partial charge in [-0.05, 0) is 12.8 Å². The molecule has 0 aromatic heterocycles. The maximum atomic E-state index is 11.1. The van der Waals surface area contributed by atoms with Gasteiger partial charge in [0.05, 0.1) is 0 Å². The van der Waals surface area contributed by atoms with Crippen molar-refractivity contribution in [3.05, 3.63) is 0 Å². The number of carbonyl (C=O) groups excluding carboxylic acids is 1. The highest BCUT2D eigenvalue weighted by atomic mass is 33.1. The van der Waals surface area contributed by atoms with Crippen molar-refractivity contribution in [1.82, 2.24) is 4.90 Å². The van der Waals surface area contributed by atoms with Crippen molar-refractivity contribution < 1.29 is 14.7 Å². The number of carboxylic acid groups (broad SMARTS) is 1. The van der Waals surface area contributed by atoms with Crippen LogP contribution in [0.1, 0.15) is 12.8 Å². The van der Waals surface area contributed by atoms with Gasteiger partial charge in [0.2, 0.25) is 0 Å². The Labute approximate surface area is 79.1 Å². The Morgan fingerprint density at radius 3 is 2.75 bits per heavy atom. The van der Waals surface area contributed by atoms with Crippen LogP contribution in [-0.4, -0.2) is 33.8 Å². The Balaban J connectivity index is 2.63. The summed E-state index contributed by atoms with van der Waals surface area (Å²) < 4.78 is 0. The first-order valence-electron chi connectivity index (χ1n) is 3.51. The molecule has 1 aliphatic heterocycles. The fraction of sp³-hybridized carbons (Fsp3) is 0.667. The van der Waals surface area contributed by atoms with E-state index >= 15 is 0 Å². The monoisotopic (exact) mass is 207 g/mol. The van der Waals surface area contributed by atoms with Gasteiger partial charge in [-0.15, -0.1) is 11.7 Å². The normalized spacial score (nSPS) is 22.8. The van der Waals surface area contributed by atoms with Crippen molar-refractivity contribution in [3.63, 3.8) is 0 Å². The number of hydrogen-bond donors (Lipinski definition) is 2. The third kappa shape index (κ3) is 1.87. The van der Waals surface area contributed by atoms with Crippen LogP contribution in [0, 0.1) is 0 Å². The van der Waals surface area contributed by atoms with Gasteiger partial charge in [0, 0.05) is 17.3 Å². The third-order valence-electron chi connectivity index (χ3n) is 1.85. The predicted octanol–water partition coefficient (Wildman–Crippen LogP) is 1.23. The zero-order chi connectivity index (χ0) is 9.14. The Morgan fingerprint density at radius 1 is 1.58 bits per heavy atom. The number of thiol groups is 1. The number of hydrogen-bond acceptors (Lipinski definition) is 4. The molecule has 0 aromatic rings. The lowest BCUT2D eigenvalue weighted by molar-refractivity contribution is -0.141. The van der Waals surface area contributed by atoms with Crippen LogP contribution >= 0.6 is 22.5 Å². The van der Waals surface area contributed by atoms with Gasteiger partial charge in [-0.3, -0.25) is 4.79 Å². The second kappa shape index (κ2) is 4.04. The van der Waals surface area contributed by atoms with E-state index in [1.165, 1.54) is 4.90 Å². The van der Waals surface area contributed by atoms with Crippen LogP contribution in [0.4, 0.5) is 4.79 Å². The topological polar surface area (TPSA) is 57.6 Å². The van der Waals surface area contributed by atoms with Gasteiger partial charge in [0.15, 0.2) is 0 Å². The smallest absolute Gasteiger partial charge is 0.326 e. The van der Waals surface area contributed by atoms with E-state index < -0.39 is 12.0 Å². The van der Waals surface area contributed by atoms with E-state index in [0.29, 0.717) is 13.0 Å². The molecule has 1 heterocycles. The first-order valence-corrected chi connectivity index (χ1v) is 5.38. The van der Waals surface area contributed by atoms with Gasteiger partial charge in [0.1, 0.15) is 6.04 Å². The van der Waals surface area contributed by atoms with Crippen molar-refractivity contribution >= 4 is 33.7 Å². The molecule has 12 heavy (non-hydrogen) atoms. The summed E-state index contributed by atoms with van der Waals surface area (Å²) >= 11 is 3.73. The molecule has 0 spiro atoms. The SMILES string of the molecule is O=C(O)C1CCCN1C(=O)SS. The molecule has 0 aromatic carbocycles. The molecule has 6 heteroatoms. The molecule has 1 amide bonds. The summed E-state index contributed by atoms with van der Waals surface area (Å²) in [5.74, 6) is -0.928. The van der Waals surface area contributed by atoms with Crippen molar-refractivity contribution in [3.8, 4) is 0 Å². The molecule has 1 unspecified atom stereocenters. The van der Waals surface area contributed by atoms with E-state index in [1.54, 1.807) is 0 Å². The molecule has 1 N–H and O–H groups in total. The fourth-order valence-electron chi connectivity index (χ4n) is 1.29. The Morgan fingerprint density at radius 2 is 2.25 bits per heavy atom. The maximum absolute atomic E-state index is 11.1. The summed E-state index contributed by atoms with van der Waals surface area (Å²) in [7, 11) is 0.761. The van der Waals surface area contributed by atoms with Gasteiger partial charge in [-0.2, -0.15) is 0 Å². The largest absolute Gasteiger partial charge is 0.480 e. The van der Waals surface area contributed by atoms with Crippen molar-refractivity contribution in [2.24, 2.45) is 0 Å². The molecule has 0 radical (unpaired) electrons. The number of nitrogens with zero attached hydrogens (tertiary/aromatic N) is 1. The van der Waals surface area contributed by atoms with Crippen molar-refractivity contribution in [2.75, 3.05) is 6.54 Å². The standard InChI is InChI=1S/C6H9NO3S2/c8-5(9)4-2-1-3-7(4)6(10)12-11/h4,11H,1-3H2,(H,8,9). The summed E-state index contributed by atoms with van der Waals surface area (Å²) in [5, 5.41) is 8.43.